The van der Waals surface area contributed by atoms with Crippen LogP contribution in [0.2, 0.25) is 36.3 Å². The fourth-order valence-corrected chi connectivity index (χ4v) is 10.2. The second kappa shape index (κ2) is 18.3. The van der Waals surface area contributed by atoms with Gasteiger partial charge in [-0.3, -0.25) is 9.36 Å². The third-order valence-corrected chi connectivity index (χ3v) is 22.2. The summed E-state index contributed by atoms with van der Waals surface area (Å²) in [4.78, 5) is 27.4. The van der Waals surface area contributed by atoms with Crippen LogP contribution in [0.4, 0.5) is 5.82 Å². The number of benzene rings is 4. The molecule has 4 aromatic carbocycles. The molecule has 1 N–H and O–H groups in total. The second-order valence-electron chi connectivity index (χ2n) is 19.4. The van der Waals surface area contributed by atoms with Crippen molar-refractivity contribution in [2.24, 2.45) is 0 Å². The zero-order valence-corrected chi connectivity index (χ0v) is 41.2. The van der Waals surface area contributed by atoms with E-state index in [0.717, 1.165) is 28.2 Å². The molecule has 0 radical (unpaired) electrons. The highest BCUT2D eigenvalue weighted by atomic mass is 28.4. The van der Waals surface area contributed by atoms with Gasteiger partial charge in [0.05, 0.1) is 27.2 Å². The zero-order valence-electron chi connectivity index (χ0n) is 39.2. The van der Waals surface area contributed by atoms with E-state index < -0.39 is 46.8 Å². The average Bonchev–Trinajstić information content (AvgIpc) is 3.85. The molecule has 1 saturated heterocycles. The van der Waals surface area contributed by atoms with E-state index in [2.05, 4.69) is 90.2 Å². The number of carbonyl (C=O) groups is 1. The molecule has 0 spiro atoms. The molecule has 4 atom stereocenters. The summed E-state index contributed by atoms with van der Waals surface area (Å²) in [6, 6.07) is 35.3. The number of hydrogen-bond donors (Lipinski definition) is 1. The van der Waals surface area contributed by atoms with Gasteiger partial charge in [-0.25, -0.2) is 15.0 Å². The molecule has 0 bridgehead atoms. The van der Waals surface area contributed by atoms with Crippen LogP contribution in [0, 0.1) is 0 Å². The lowest BCUT2D eigenvalue weighted by atomic mass is 9.80. The van der Waals surface area contributed by atoms with Crippen molar-refractivity contribution in [2.75, 3.05) is 26.1 Å². The van der Waals surface area contributed by atoms with Crippen molar-refractivity contribution >= 4 is 39.5 Å². The Kier molecular flexibility index (Phi) is 13.4. The van der Waals surface area contributed by atoms with Crippen molar-refractivity contribution in [3.8, 4) is 11.5 Å². The molecule has 1 amide bonds. The third kappa shape index (κ3) is 9.30. The van der Waals surface area contributed by atoms with Crippen molar-refractivity contribution in [2.45, 2.75) is 108 Å². The maximum Gasteiger partial charge on any atom is 0.256 e. The number of hydrogen-bond acceptors (Lipinski definition) is 10. The maximum absolute atomic E-state index is 13.4. The van der Waals surface area contributed by atoms with Gasteiger partial charge < -0.3 is 33.1 Å². The van der Waals surface area contributed by atoms with Crippen LogP contribution in [0.3, 0.4) is 0 Å². The Balaban J connectivity index is 1.38. The highest BCUT2D eigenvalue weighted by Gasteiger charge is 2.55. The first-order valence-corrected chi connectivity index (χ1v) is 27.6. The highest BCUT2D eigenvalue weighted by Crippen LogP contribution is 2.48. The van der Waals surface area contributed by atoms with Crippen LogP contribution < -0.4 is 14.8 Å². The standard InChI is InChI=1S/C50H63N5O7Si2/c1-48(2,3)63(9,10)61-42-40(31-59-50(35-21-17-14-18-22-35,36-23-27-38(57-7)28-24-36)37-25-29-39(58-8)30-26-37)60-47(43(42)62-64(11,12)49(4,5)6)55-33-53-41-44(51-32-52-45(41)55)54-46(56)34-19-15-13-16-20-34/h13-30,32-33,40,42-43,47H,31H2,1-12H3,(H,51,52,54,56)/t40-,42-,43-,47-/m0/s1. The smallest absolute Gasteiger partial charge is 0.256 e. The van der Waals surface area contributed by atoms with Gasteiger partial charge in [-0.2, -0.15) is 0 Å². The summed E-state index contributed by atoms with van der Waals surface area (Å²) >= 11 is 0. The van der Waals surface area contributed by atoms with Crippen molar-refractivity contribution in [1.29, 1.82) is 0 Å². The number of nitrogens with one attached hydrogen (secondary N) is 1. The number of rotatable bonds is 15. The molecular formula is C50H63N5O7Si2. The number of nitrogens with zero attached hydrogens (tertiary/aromatic N) is 4. The van der Waals surface area contributed by atoms with E-state index in [1.165, 1.54) is 6.33 Å². The second-order valence-corrected chi connectivity index (χ2v) is 28.9. The number of fused-ring (bicyclic) bond motifs is 1. The number of carbonyl (C=O) groups excluding carboxylic acids is 1. The van der Waals surface area contributed by atoms with Gasteiger partial charge in [0.15, 0.2) is 39.8 Å². The Morgan fingerprint density at radius 2 is 1.17 bits per heavy atom. The number of methoxy groups -OCH3 is 2. The molecule has 1 aliphatic heterocycles. The summed E-state index contributed by atoms with van der Waals surface area (Å²) in [6.45, 7) is 22.5. The molecule has 6 aromatic rings. The van der Waals surface area contributed by atoms with E-state index in [0.29, 0.717) is 16.7 Å². The minimum atomic E-state index is -2.52. The van der Waals surface area contributed by atoms with Gasteiger partial charge >= 0.3 is 0 Å². The van der Waals surface area contributed by atoms with E-state index in [1.54, 1.807) is 32.7 Å². The van der Waals surface area contributed by atoms with Gasteiger partial charge in [0.2, 0.25) is 0 Å². The molecule has 0 saturated carbocycles. The molecule has 12 nitrogen and oxygen atoms in total. The van der Waals surface area contributed by atoms with Crippen LogP contribution in [0.25, 0.3) is 11.2 Å². The summed E-state index contributed by atoms with van der Waals surface area (Å²) < 4.78 is 43.0. The summed E-state index contributed by atoms with van der Waals surface area (Å²) in [5, 5.41) is 2.67. The molecule has 1 aliphatic rings. The van der Waals surface area contributed by atoms with E-state index in [9.17, 15) is 4.79 Å². The van der Waals surface area contributed by atoms with Crippen LogP contribution in [-0.2, 0) is 23.9 Å². The van der Waals surface area contributed by atoms with Crippen LogP contribution in [0.1, 0.15) is 74.8 Å². The Bertz CT molecular complexity index is 2460. The summed E-state index contributed by atoms with van der Waals surface area (Å²) in [7, 11) is -1.72. The first kappa shape index (κ1) is 46.8. The third-order valence-electron chi connectivity index (χ3n) is 13.3. The molecule has 3 heterocycles. The summed E-state index contributed by atoms with van der Waals surface area (Å²) in [5.74, 6) is 1.45. The van der Waals surface area contributed by atoms with Crippen molar-refractivity contribution in [3.63, 3.8) is 0 Å². The Labute approximate surface area is 379 Å². The minimum Gasteiger partial charge on any atom is -0.497 e. The van der Waals surface area contributed by atoms with E-state index in [1.807, 2.05) is 89.5 Å². The van der Waals surface area contributed by atoms with Crippen molar-refractivity contribution < 1.29 is 32.6 Å². The Morgan fingerprint density at radius 1 is 0.672 bits per heavy atom. The monoisotopic (exact) mass is 901 g/mol. The fourth-order valence-electron chi connectivity index (χ4n) is 7.55. The first-order valence-electron chi connectivity index (χ1n) is 21.8. The van der Waals surface area contributed by atoms with E-state index in [-0.39, 0.29) is 28.4 Å². The molecular weight excluding hydrogens is 839 g/mol. The minimum absolute atomic E-state index is 0.111. The topological polar surface area (TPSA) is 128 Å². The Hall–Kier alpha value is -5.23. The van der Waals surface area contributed by atoms with Crippen LogP contribution in [0.15, 0.2) is 122 Å². The quantitative estimate of drug-likeness (QED) is 0.0786. The number of ether oxygens (including phenoxy) is 4. The first-order chi connectivity index (χ1) is 30.3. The molecule has 0 aliphatic carbocycles. The highest BCUT2D eigenvalue weighted by molar-refractivity contribution is 6.74. The maximum atomic E-state index is 13.4. The van der Waals surface area contributed by atoms with Crippen LogP contribution in [0.5, 0.6) is 11.5 Å². The molecule has 14 heteroatoms. The zero-order chi connectivity index (χ0) is 46.1. The van der Waals surface area contributed by atoms with Gasteiger partial charge in [0.1, 0.15) is 41.7 Å². The fraction of sp³-hybridized carbons (Fsp3) is 0.400. The normalized spacial score (nSPS) is 18.6. The predicted octanol–water partition coefficient (Wildman–Crippen LogP) is 10.8. The molecule has 0 unspecified atom stereocenters. The SMILES string of the molecule is COc1ccc(C(OC[C@@H]2O[C@H](n3cnc4c(NC(=O)c5ccccc5)ncnc43)[C@@H](O[Si](C)(C)C(C)(C)C)[C@H]2O[Si](C)(C)C(C)(C)C)(c2ccccc2)c2ccc(OC)cc2)cc1. The Morgan fingerprint density at radius 3 is 1.69 bits per heavy atom. The van der Waals surface area contributed by atoms with Gasteiger partial charge in [-0.15, -0.1) is 0 Å². The lowest BCUT2D eigenvalue weighted by Gasteiger charge is -2.44. The van der Waals surface area contributed by atoms with Gasteiger partial charge in [-0.1, -0.05) is 114 Å². The van der Waals surface area contributed by atoms with E-state index >= 15 is 0 Å². The van der Waals surface area contributed by atoms with Crippen molar-refractivity contribution in [3.05, 3.63) is 144 Å². The molecule has 2 aromatic heterocycles. The van der Waals surface area contributed by atoms with E-state index in [4.69, 9.17) is 37.8 Å². The van der Waals surface area contributed by atoms with Crippen LogP contribution >= 0.6 is 0 Å². The molecule has 1 fully saturated rings. The molecule has 338 valence electrons. The largest absolute Gasteiger partial charge is 0.497 e. The number of imidazole rings is 1. The molecule has 64 heavy (non-hydrogen) atoms. The van der Waals surface area contributed by atoms with Crippen molar-refractivity contribution in [1.82, 2.24) is 19.5 Å². The predicted molar refractivity (Wildman–Crippen MR) is 256 cm³/mol. The van der Waals surface area contributed by atoms with Gasteiger partial charge in [-0.05, 0) is 89.4 Å². The van der Waals surface area contributed by atoms with Gasteiger partial charge in [0, 0.05) is 5.56 Å². The number of amides is 1. The number of anilines is 1. The molecule has 7 rings (SSSR count). The lowest BCUT2D eigenvalue weighted by Crippen LogP contribution is -2.54. The summed E-state index contributed by atoms with van der Waals surface area (Å²) in [6.07, 6.45) is 0.568. The van der Waals surface area contributed by atoms with Crippen LogP contribution in [-0.4, -0.2) is 81.2 Å². The summed E-state index contributed by atoms with van der Waals surface area (Å²) in [5.41, 5.74) is 3.02. The average molecular weight is 902 g/mol. The lowest BCUT2D eigenvalue weighted by molar-refractivity contribution is -0.0928. The number of aromatic nitrogens is 4. The van der Waals surface area contributed by atoms with Gasteiger partial charge in [0.25, 0.3) is 5.91 Å².